The van der Waals surface area contributed by atoms with E-state index < -0.39 is 0 Å². The first-order valence-corrected chi connectivity index (χ1v) is 6.21. The monoisotopic (exact) mass is 220 g/mol. The van der Waals surface area contributed by atoms with Crippen molar-refractivity contribution in [3.05, 3.63) is 0 Å². The summed E-state index contributed by atoms with van der Waals surface area (Å²) in [6, 6.07) is 0.641. The number of amides is 1. The van der Waals surface area contributed by atoms with Crippen LogP contribution in [-0.4, -0.2) is 48.4 Å². The summed E-state index contributed by atoms with van der Waals surface area (Å²) in [6.07, 6.45) is 5.25. The van der Waals surface area contributed by atoms with Crippen LogP contribution in [0.1, 0.15) is 32.1 Å². The van der Waals surface area contributed by atoms with E-state index in [0.717, 1.165) is 19.4 Å². The van der Waals surface area contributed by atoms with Crippen molar-refractivity contribution >= 4 is 5.91 Å². The van der Waals surface area contributed by atoms with Crippen molar-refractivity contribution in [3.63, 3.8) is 0 Å². The van der Waals surface area contributed by atoms with E-state index in [1.165, 1.54) is 19.4 Å². The molecule has 2 aliphatic heterocycles. The summed E-state index contributed by atoms with van der Waals surface area (Å²) in [5.74, 6) is 6.62. The van der Waals surface area contributed by atoms with Crippen molar-refractivity contribution < 1.29 is 4.79 Å². The van der Waals surface area contributed by atoms with Gasteiger partial charge in [-0.2, -0.15) is 0 Å². The van der Waals surface area contributed by atoms with E-state index in [1.54, 1.807) is 0 Å². The fourth-order valence-electron chi connectivity index (χ4n) is 2.45. The fourth-order valence-corrected chi connectivity index (χ4v) is 2.45. The predicted molar refractivity (Wildman–Crippen MR) is 63.9 cm³/mol. The summed E-state index contributed by atoms with van der Waals surface area (Å²) in [7, 11) is 2.17. The zero-order valence-corrected chi connectivity index (χ0v) is 10.0. The van der Waals surface area contributed by atoms with Gasteiger partial charge in [-0.25, -0.2) is 0 Å². The van der Waals surface area contributed by atoms with E-state index in [1.807, 2.05) is 4.90 Å². The lowest BCUT2D eigenvalue weighted by atomic mass is 10.1. The summed E-state index contributed by atoms with van der Waals surface area (Å²) < 4.78 is 0. The fraction of sp³-hybridized carbons (Fsp3) is 0.769. The van der Waals surface area contributed by atoms with Gasteiger partial charge in [-0.3, -0.25) is 4.79 Å². The van der Waals surface area contributed by atoms with E-state index in [9.17, 15) is 4.79 Å². The SMILES string of the molecule is CN1CCC[C@H]1CC#CCN1CCCC1=O. The Morgan fingerprint density at radius 2 is 2.19 bits per heavy atom. The minimum atomic E-state index is 0.271. The van der Waals surface area contributed by atoms with Gasteiger partial charge in [-0.15, -0.1) is 0 Å². The molecule has 2 heterocycles. The molecule has 2 saturated heterocycles. The van der Waals surface area contributed by atoms with Gasteiger partial charge in [0, 0.05) is 25.4 Å². The molecule has 0 unspecified atom stereocenters. The molecule has 2 rings (SSSR count). The van der Waals surface area contributed by atoms with Crippen LogP contribution in [0.25, 0.3) is 0 Å². The quantitative estimate of drug-likeness (QED) is 0.651. The molecule has 3 heteroatoms. The van der Waals surface area contributed by atoms with Gasteiger partial charge in [-0.1, -0.05) is 11.8 Å². The molecule has 88 valence electrons. The summed E-state index contributed by atoms with van der Waals surface area (Å²) in [5.41, 5.74) is 0. The highest BCUT2D eigenvalue weighted by Crippen LogP contribution is 2.16. The highest BCUT2D eigenvalue weighted by molar-refractivity contribution is 5.78. The largest absolute Gasteiger partial charge is 0.332 e. The molecule has 0 aromatic heterocycles. The Hall–Kier alpha value is -1.01. The van der Waals surface area contributed by atoms with Gasteiger partial charge in [0.2, 0.25) is 5.91 Å². The molecule has 0 saturated carbocycles. The molecule has 1 atom stereocenters. The predicted octanol–water partition coefficient (Wildman–Crippen LogP) is 1.10. The van der Waals surface area contributed by atoms with Crippen LogP contribution in [0.5, 0.6) is 0 Å². The van der Waals surface area contributed by atoms with Crippen molar-refractivity contribution in [2.45, 2.75) is 38.1 Å². The molecule has 2 aliphatic rings. The maximum atomic E-state index is 11.3. The van der Waals surface area contributed by atoms with Crippen LogP contribution >= 0.6 is 0 Å². The smallest absolute Gasteiger partial charge is 0.223 e. The molecule has 0 aromatic rings. The topological polar surface area (TPSA) is 23.6 Å². The summed E-state index contributed by atoms with van der Waals surface area (Å²) in [6.45, 7) is 2.74. The van der Waals surface area contributed by atoms with Crippen LogP contribution in [0.2, 0.25) is 0 Å². The first-order valence-electron chi connectivity index (χ1n) is 6.21. The van der Waals surface area contributed by atoms with E-state index in [-0.39, 0.29) is 5.91 Å². The molecule has 0 radical (unpaired) electrons. The number of likely N-dealkylation sites (tertiary alicyclic amines) is 2. The number of nitrogens with zero attached hydrogens (tertiary/aromatic N) is 2. The van der Waals surface area contributed by atoms with Crippen LogP contribution in [0, 0.1) is 11.8 Å². The third-order valence-electron chi connectivity index (χ3n) is 3.58. The Balaban J connectivity index is 1.71. The Morgan fingerprint density at radius 3 is 2.81 bits per heavy atom. The normalized spacial score (nSPS) is 25.9. The van der Waals surface area contributed by atoms with E-state index in [4.69, 9.17) is 0 Å². The Labute approximate surface area is 97.8 Å². The molecular weight excluding hydrogens is 200 g/mol. The van der Waals surface area contributed by atoms with Crippen LogP contribution < -0.4 is 0 Å². The zero-order valence-electron chi connectivity index (χ0n) is 10.0. The van der Waals surface area contributed by atoms with Gasteiger partial charge in [0.1, 0.15) is 0 Å². The highest BCUT2D eigenvalue weighted by Gasteiger charge is 2.20. The van der Waals surface area contributed by atoms with Gasteiger partial charge in [0.05, 0.1) is 6.54 Å². The molecule has 0 spiro atoms. The second-order valence-corrected chi connectivity index (χ2v) is 4.75. The molecule has 16 heavy (non-hydrogen) atoms. The lowest BCUT2D eigenvalue weighted by molar-refractivity contribution is -0.127. The molecule has 1 amide bonds. The third kappa shape index (κ3) is 2.76. The summed E-state index contributed by atoms with van der Waals surface area (Å²) >= 11 is 0. The molecule has 0 bridgehead atoms. The van der Waals surface area contributed by atoms with Gasteiger partial charge < -0.3 is 9.80 Å². The molecule has 0 aliphatic carbocycles. The number of carbonyl (C=O) groups excluding carboxylic acids is 1. The van der Waals surface area contributed by atoms with E-state index in [2.05, 4.69) is 23.8 Å². The number of hydrogen-bond acceptors (Lipinski definition) is 2. The molecular formula is C13H20N2O. The zero-order chi connectivity index (χ0) is 11.4. The minimum absolute atomic E-state index is 0.271. The van der Waals surface area contributed by atoms with Gasteiger partial charge >= 0.3 is 0 Å². The Kier molecular flexibility index (Phi) is 3.84. The van der Waals surface area contributed by atoms with E-state index in [0.29, 0.717) is 19.0 Å². The van der Waals surface area contributed by atoms with Crippen molar-refractivity contribution in [2.75, 3.05) is 26.7 Å². The maximum absolute atomic E-state index is 11.3. The third-order valence-corrected chi connectivity index (χ3v) is 3.58. The molecule has 3 nitrogen and oxygen atoms in total. The van der Waals surface area contributed by atoms with Crippen molar-refractivity contribution in [3.8, 4) is 11.8 Å². The standard InChI is InChI=1S/C13H20N2O/c1-14-9-4-7-12(14)6-2-3-10-15-11-5-8-13(15)16/h12H,4-11H2,1H3/t12-/m1/s1. The first kappa shape index (κ1) is 11.5. The van der Waals surface area contributed by atoms with Gasteiger partial charge in [0.25, 0.3) is 0 Å². The van der Waals surface area contributed by atoms with E-state index >= 15 is 0 Å². The van der Waals surface area contributed by atoms with Crippen LogP contribution in [0.15, 0.2) is 0 Å². The average Bonchev–Trinajstić information content (AvgIpc) is 2.84. The minimum Gasteiger partial charge on any atom is -0.332 e. The second kappa shape index (κ2) is 5.36. The van der Waals surface area contributed by atoms with Crippen molar-refractivity contribution in [1.82, 2.24) is 9.80 Å². The van der Waals surface area contributed by atoms with Gasteiger partial charge in [0.15, 0.2) is 0 Å². The van der Waals surface area contributed by atoms with Crippen molar-refractivity contribution in [2.24, 2.45) is 0 Å². The van der Waals surface area contributed by atoms with Crippen LogP contribution in [0.4, 0.5) is 0 Å². The average molecular weight is 220 g/mol. The molecule has 2 fully saturated rings. The highest BCUT2D eigenvalue weighted by atomic mass is 16.2. The first-order chi connectivity index (χ1) is 7.77. The molecule has 0 N–H and O–H groups in total. The summed E-state index contributed by atoms with van der Waals surface area (Å²) in [4.78, 5) is 15.6. The van der Waals surface area contributed by atoms with Crippen molar-refractivity contribution in [1.29, 1.82) is 0 Å². The number of carbonyl (C=O) groups is 1. The molecule has 0 aromatic carbocycles. The Morgan fingerprint density at radius 1 is 1.31 bits per heavy atom. The number of hydrogen-bond donors (Lipinski definition) is 0. The van der Waals surface area contributed by atoms with Crippen LogP contribution in [-0.2, 0) is 4.79 Å². The van der Waals surface area contributed by atoms with Gasteiger partial charge in [-0.05, 0) is 32.9 Å². The lowest BCUT2D eigenvalue weighted by Crippen LogP contribution is -2.25. The summed E-state index contributed by atoms with van der Waals surface area (Å²) in [5, 5.41) is 0. The van der Waals surface area contributed by atoms with Crippen LogP contribution in [0.3, 0.4) is 0 Å². The second-order valence-electron chi connectivity index (χ2n) is 4.75. The Bertz CT molecular complexity index is 316. The lowest BCUT2D eigenvalue weighted by Gasteiger charge is -2.16. The maximum Gasteiger partial charge on any atom is 0.223 e. The number of rotatable bonds is 2.